The molecule has 78 valence electrons. The van der Waals surface area contributed by atoms with Gasteiger partial charge < -0.3 is 0 Å². The molecule has 1 aromatic rings. The molecule has 1 aromatic carbocycles. The maximum absolute atomic E-state index is 8.99. The van der Waals surface area contributed by atoms with Gasteiger partial charge in [0.2, 0.25) is 0 Å². The van der Waals surface area contributed by atoms with E-state index in [4.69, 9.17) is 13.3 Å². The normalized spacial score (nSPS) is 14.4. The summed E-state index contributed by atoms with van der Waals surface area (Å²) in [7, 11) is 0. The second-order valence-corrected chi connectivity index (χ2v) is 3.08. The van der Waals surface area contributed by atoms with Crippen LogP contribution in [0.4, 0.5) is 0 Å². The van der Waals surface area contributed by atoms with E-state index in [-0.39, 0.29) is 5.57 Å². The smallest absolute Gasteiger partial charge is 0.0909 e. The second-order valence-electron chi connectivity index (χ2n) is 3.08. The molecule has 0 fully saturated rings. The number of nitrogens with zero attached hydrogens (tertiary/aromatic N) is 2. The van der Waals surface area contributed by atoms with Crippen molar-refractivity contribution in [3.05, 3.63) is 54.6 Å². The summed E-state index contributed by atoms with van der Waals surface area (Å²) >= 11 is 0. The van der Waals surface area contributed by atoms with Gasteiger partial charge in [-0.3, -0.25) is 0 Å². The summed E-state index contributed by atoms with van der Waals surface area (Å²) in [5.74, 6) is -1.04. The Morgan fingerprint density at radius 2 is 2.12 bits per heavy atom. The molecule has 0 bridgehead atoms. The summed E-state index contributed by atoms with van der Waals surface area (Å²) in [5, 5.41) is 17.4. The lowest BCUT2D eigenvalue weighted by molar-refractivity contribution is 0.862. The van der Waals surface area contributed by atoms with Crippen molar-refractivity contribution in [2.45, 2.75) is 6.37 Å². The quantitative estimate of drug-likeness (QED) is 0.716. The molecule has 0 aliphatic carbocycles. The molecule has 0 spiro atoms. The molecule has 0 saturated carbocycles. The molecular formula is C14H12N2. The van der Waals surface area contributed by atoms with Crippen molar-refractivity contribution in [3.8, 4) is 12.1 Å². The van der Waals surface area contributed by atoms with E-state index in [0.717, 1.165) is 6.08 Å². The average Bonchev–Trinajstić information content (AvgIpc) is 2.39. The fourth-order valence-corrected chi connectivity index (χ4v) is 1.17. The highest BCUT2D eigenvalue weighted by molar-refractivity contribution is 5.63. The topological polar surface area (TPSA) is 47.6 Å². The van der Waals surface area contributed by atoms with Crippen molar-refractivity contribution < 1.29 is 2.74 Å². The van der Waals surface area contributed by atoms with Gasteiger partial charge in [0.25, 0.3) is 0 Å². The highest BCUT2D eigenvalue weighted by Crippen LogP contribution is 2.20. The number of nitriles is 2. The zero-order valence-electron chi connectivity index (χ0n) is 10.7. The number of hydrogen-bond acceptors (Lipinski definition) is 2. The highest BCUT2D eigenvalue weighted by atomic mass is 14.3. The Kier molecular flexibility index (Phi) is 3.48. The van der Waals surface area contributed by atoms with E-state index in [9.17, 15) is 0 Å². The molecule has 16 heavy (non-hydrogen) atoms. The van der Waals surface area contributed by atoms with E-state index in [2.05, 4.69) is 6.58 Å². The monoisotopic (exact) mass is 210 g/mol. The summed E-state index contributed by atoms with van der Waals surface area (Å²) in [6, 6.07) is 12.5. The lowest BCUT2D eigenvalue weighted by Crippen LogP contribution is -1.94. The first-order valence-electron chi connectivity index (χ1n) is 5.74. The van der Waals surface area contributed by atoms with Crippen LogP contribution in [-0.4, -0.2) is 0 Å². The molecule has 1 atom stereocenters. The fourth-order valence-electron chi connectivity index (χ4n) is 1.17. The minimum atomic E-state index is -1.91. The molecule has 0 radical (unpaired) electrons. The Labute approximate surface area is 98.6 Å². The second kappa shape index (κ2) is 6.22. The number of rotatable bonds is 4. The molecule has 2 heteroatoms. The summed E-state index contributed by atoms with van der Waals surface area (Å²) < 4.78 is 16.0. The summed E-state index contributed by atoms with van der Waals surface area (Å²) in [6.07, 6.45) is 0.460. The van der Waals surface area contributed by atoms with Crippen LogP contribution in [0.1, 0.15) is 14.7 Å². The van der Waals surface area contributed by atoms with Crippen molar-refractivity contribution >= 4 is 5.57 Å². The third-order valence-corrected chi connectivity index (χ3v) is 1.95. The molecule has 0 aliphatic heterocycles. The van der Waals surface area contributed by atoms with Crippen molar-refractivity contribution in [1.29, 1.82) is 10.5 Å². The minimum Gasteiger partial charge on any atom is -0.198 e. The fraction of sp³-hybridized carbons (Fsp3) is 0.143. The van der Waals surface area contributed by atoms with Gasteiger partial charge in [-0.1, -0.05) is 43.0 Å². The van der Waals surface area contributed by atoms with E-state index in [1.807, 2.05) is 12.1 Å². The summed E-state index contributed by atoms with van der Waals surface area (Å²) in [4.78, 5) is 0. The van der Waals surface area contributed by atoms with E-state index >= 15 is 0 Å². The third kappa shape index (κ3) is 3.44. The molecule has 2 nitrogen and oxygen atoms in total. The highest BCUT2D eigenvalue weighted by Gasteiger charge is 2.06. The van der Waals surface area contributed by atoms with Gasteiger partial charge in [-0.2, -0.15) is 10.5 Å². The lowest BCUT2D eigenvalue weighted by atomic mass is 9.96. The van der Waals surface area contributed by atoms with E-state index < -0.39 is 12.3 Å². The Morgan fingerprint density at radius 1 is 1.44 bits per heavy atom. The van der Waals surface area contributed by atoms with Gasteiger partial charge in [-0.25, -0.2) is 0 Å². The summed E-state index contributed by atoms with van der Waals surface area (Å²) in [5.41, 5.74) is 0.880. The molecule has 0 saturated heterocycles. The predicted octanol–water partition coefficient (Wildman–Crippen LogP) is 3.31. The standard InChI is InChI=1S/C14H12N2/c1-12(14-7-3-2-4-8-14)10-13(11-16)6-5-9-15/h2-8,13H,1,10H2/b6-5+/i10D2. The maximum atomic E-state index is 8.99. The van der Waals surface area contributed by atoms with E-state index in [1.165, 1.54) is 6.08 Å². The van der Waals surface area contributed by atoms with Crippen LogP contribution in [0.25, 0.3) is 5.57 Å². The van der Waals surface area contributed by atoms with Gasteiger partial charge in [0, 0.05) is 8.82 Å². The van der Waals surface area contributed by atoms with Crippen LogP contribution < -0.4 is 0 Å². The molecule has 1 rings (SSSR count). The summed E-state index contributed by atoms with van der Waals surface area (Å²) in [6.45, 7) is 3.73. The first kappa shape index (κ1) is 8.95. The van der Waals surface area contributed by atoms with Crippen molar-refractivity contribution in [2.24, 2.45) is 5.92 Å². The molecule has 0 aliphatic rings. The first-order valence-corrected chi connectivity index (χ1v) is 4.74. The number of hydrogen-bond donors (Lipinski definition) is 0. The Balaban J connectivity index is 3.07. The largest absolute Gasteiger partial charge is 0.198 e. The van der Waals surface area contributed by atoms with Crippen LogP contribution in [-0.2, 0) is 0 Å². The Hall–Kier alpha value is -2.32. The van der Waals surface area contributed by atoms with Crippen LogP contribution in [0, 0.1) is 28.6 Å². The van der Waals surface area contributed by atoms with Crippen molar-refractivity contribution in [2.75, 3.05) is 0 Å². The average molecular weight is 210 g/mol. The molecule has 0 N–H and O–H groups in total. The third-order valence-electron chi connectivity index (χ3n) is 1.95. The predicted molar refractivity (Wildman–Crippen MR) is 63.9 cm³/mol. The lowest BCUT2D eigenvalue weighted by Gasteiger charge is -2.07. The van der Waals surface area contributed by atoms with Crippen LogP contribution >= 0.6 is 0 Å². The van der Waals surface area contributed by atoms with Crippen LogP contribution in [0.5, 0.6) is 0 Å². The molecule has 0 aromatic heterocycles. The van der Waals surface area contributed by atoms with Gasteiger partial charge in [-0.15, -0.1) is 0 Å². The zero-order chi connectivity index (χ0) is 13.6. The zero-order valence-corrected chi connectivity index (χ0v) is 8.72. The van der Waals surface area contributed by atoms with Gasteiger partial charge in [0.1, 0.15) is 0 Å². The number of benzene rings is 1. The van der Waals surface area contributed by atoms with Gasteiger partial charge >= 0.3 is 0 Å². The van der Waals surface area contributed by atoms with E-state index in [1.54, 1.807) is 30.3 Å². The number of allylic oxidation sites excluding steroid dienone is 3. The molecular weight excluding hydrogens is 196 g/mol. The van der Waals surface area contributed by atoms with Crippen LogP contribution in [0.2, 0.25) is 0 Å². The van der Waals surface area contributed by atoms with E-state index in [0.29, 0.717) is 5.56 Å². The maximum Gasteiger partial charge on any atom is 0.0909 e. The van der Waals surface area contributed by atoms with Crippen molar-refractivity contribution in [1.82, 2.24) is 0 Å². The molecule has 0 heterocycles. The first-order chi connectivity index (χ1) is 8.54. The van der Waals surface area contributed by atoms with Crippen LogP contribution in [0.15, 0.2) is 49.1 Å². The molecule has 0 amide bonds. The van der Waals surface area contributed by atoms with Gasteiger partial charge in [-0.05, 0) is 17.5 Å². The SMILES string of the molecule is [2H]C([2H])(C(=C)c1ccccc1)C(C#N)/C=C/C#N. The van der Waals surface area contributed by atoms with Gasteiger partial charge in [0.15, 0.2) is 0 Å². The minimum absolute atomic E-state index is 0.234. The Morgan fingerprint density at radius 3 is 2.69 bits per heavy atom. The van der Waals surface area contributed by atoms with Gasteiger partial charge in [0.05, 0.1) is 18.1 Å². The van der Waals surface area contributed by atoms with Crippen molar-refractivity contribution in [3.63, 3.8) is 0 Å². The van der Waals surface area contributed by atoms with Crippen LogP contribution in [0.3, 0.4) is 0 Å². The molecule has 1 unspecified atom stereocenters. The Bertz CT molecular complexity index is 533.